The highest BCUT2D eigenvalue weighted by Crippen LogP contribution is 2.16. The van der Waals surface area contributed by atoms with Crippen LogP contribution in [0.1, 0.15) is 36.8 Å². The van der Waals surface area contributed by atoms with E-state index in [1.54, 1.807) is 0 Å². The zero-order valence-electron chi connectivity index (χ0n) is 14.6. The third-order valence-electron chi connectivity index (χ3n) is 4.43. The number of ether oxygens (including phenoxy) is 1. The number of benzene rings is 1. The first-order chi connectivity index (χ1) is 10.6. The number of rotatable bonds is 8. The van der Waals surface area contributed by atoms with Gasteiger partial charge in [0, 0.05) is 26.2 Å². The van der Waals surface area contributed by atoms with E-state index < -0.39 is 0 Å². The van der Waals surface area contributed by atoms with Gasteiger partial charge in [-0.25, -0.2) is 0 Å². The Morgan fingerprint density at radius 1 is 0.864 bits per heavy atom. The lowest BCUT2D eigenvalue weighted by atomic mass is 10.1. The van der Waals surface area contributed by atoms with Gasteiger partial charge >= 0.3 is 0 Å². The summed E-state index contributed by atoms with van der Waals surface area (Å²) in [4.78, 5) is 5.02. The van der Waals surface area contributed by atoms with Crippen LogP contribution in [0.25, 0.3) is 0 Å². The summed E-state index contributed by atoms with van der Waals surface area (Å²) in [5, 5.41) is 0. The topological polar surface area (TPSA) is 15.7 Å². The number of aryl methyl sites for hydroxylation is 2. The number of hydrogen-bond donors (Lipinski definition) is 0. The maximum absolute atomic E-state index is 5.86. The monoisotopic (exact) mass is 304 g/mol. The summed E-state index contributed by atoms with van der Waals surface area (Å²) in [5.74, 6) is 1.02. The van der Waals surface area contributed by atoms with Gasteiger partial charge in [0.25, 0.3) is 0 Å². The molecular weight excluding hydrogens is 272 g/mol. The molecule has 0 N–H and O–H groups in total. The molecule has 1 aromatic carbocycles. The Balaban J connectivity index is 1.49. The van der Waals surface area contributed by atoms with E-state index in [4.69, 9.17) is 4.74 Å². The summed E-state index contributed by atoms with van der Waals surface area (Å²) in [6.07, 6.45) is 5.09. The van der Waals surface area contributed by atoms with Crippen molar-refractivity contribution >= 4 is 0 Å². The summed E-state index contributed by atoms with van der Waals surface area (Å²) in [6.45, 7) is 11.3. The van der Waals surface area contributed by atoms with E-state index in [2.05, 4.69) is 48.9 Å². The van der Waals surface area contributed by atoms with Crippen LogP contribution in [-0.4, -0.2) is 56.2 Å². The molecule has 0 bridgehead atoms. The molecule has 1 fully saturated rings. The second-order valence-corrected chi connectivity index (χ2v) is 6.73. The molecule has 0 unspecified atom stereocenters. The minimum absolute atomic E-state index is 0.845. The lowest BCUT2D eigenvalue weighted by Gasteiger charge is -2.32. The highest BCUT2D eigenvalue weighted by atomic mass is 16.5. The summed E-state index contributed by atoms with van der Waals surface area (Å²) in [6, 6.07) is 6.44. The van der Waals surface area contributed by atoms with Crippen molar-refractivity contribution in [3.05, 3.63) is 29.3 Å². The third kappa shape index (κ3) is 6.37. The van der Waals surface area contributed by atoms with Gasteiger partial charge in [0.15, 0.2) is 0 Å². The predicted molar refractivity (Wildman–Crippen MR) is 93.8 cm³/mol. The molecule has 1 heterocycles. The van der Waals surface area contributed by atoms with Gasteiger partial charge in [0.05, 0.1) is 6.61 Å². The number of piperazine rings is 1. The van der Waals surface area contributed by atoms with E-state index in [-0.39, 0.29) is 0 Å². The van der Waals surface area contributed by atoms with Crippen molar-refractivity contribution in [2.24, 2.45) is 0 Å². The molecule has 1 aliphatic rings. The predicted octanol–water partition coefficient (Wildman–Crippen LogP) is 3.49. The Labute approximate surface area is 136 Å². The van der Waals surface area contributed by atoms with Crippen LogP contribution < -0.4 is 4.74 Å². The van der Waals surface area contributed by atoms with Gasteiger partial charge in [0.1, 0.15) is 5.75 Å². The number of likely N-dealkylation sites (N-methyl/N-ethyl adjacent to an activating group) is 1. The fraction of sp³-hybridized carbons (Fsp3) is 0.684. The molecule has 3 nitrogen and oxygen atoms in total. The van der Waals surface area contributed by atoms with Gasteiger partial charge in [-0.05, 0) is 63.5 Å². The fourth-order valence-corrected chi connectivity index (χ4v) is 3.07. The molecular formula is C19H32N2O. The molecule has 0 aliphatic carbocycles. The molecule has 0 spiro atoms. The van der Waals surface area contributed by atoms with E-state index in [0.717, 1.165) is 18.8 Å². The molecule has 0 aromatic heterocycles. The maximum atomic E-state index is 5.86. The highest BCUT2D eigenvalue weighted by Gasteiger charge is 2.12. The fourth-order valence-electron chi connectivity index (χ4n) is 3.07. The van der Waals surface area contributed by atoms with Crippen LogP contribution in [0.4, 0.5) is 0 Å². The molecule has 22 heavy (non-hydrogen) atoms. The van der Waals surface area contributed by atoms with Crippen molar-refractivity contribution in [2.45, 2.75) is 39.5 Å². The smallest absolute Gasteiger partial charge is 0.119 e. The van der Waals surface area contributed by atoms with Crippen molar-refractivity contribution in [2.75, 3.05) is 46.4 Å². The summed E-state index contributed by atoms with van der Waals surface area (Å²) in [5.41, 5.74) is 2.56. The number of nitrogens with zero attached hydrogens (tertiary/aromatic N) is 2. The zero-order chi connectivity index (χ0) is 15.8. The van der Waals surface area contributed by atoms with Crippen molar-refractivity contribution in [3.63, 3.8) is 0 Å². The standard InChI is InChI=1S/C19H32N2O/c1-17-14-18(2)16-19(15-17)22-13-7-5-4-6-8-21-11-9-20(3)10-12-21/h14-16H,4-13H2,1-3H3. The van der Waals surface area contributed by atoms with Crippen LogP contribution in [0.5, 0.6) is 5.75 Å². The largest absolute Gasteiger partial charge is 0.494 e. The maximum Gasteiger partial charge on any atom is 0.119 e. The van der Waals surface area contributed by atoms with Crippen LogP contribution >= 0.6 is 0 Å². The minimum Gasteiger partial charge on any atom is -0.494 e. The molecule has 0 atom stereocenters. The minimum atomic E-state index is 0.845. The molecule has 1 aromatic rings. The molecule has 1 aliphatic heterocycles. The third-order valence-corrected chi connectivity index (χ3v) is 4.43. The normalized spacial score (nSPS) is 16.9. The van der Waals surface area contributed by atoms with Gasteiger partial charge < -0.3 is 14.5 Å². The Morgan fingerprint density at radius 3 is 2.18 bits per heavy atom. The molecule has 1 saturated heterocycles. The summed E-state index contributed by atoms with van der Waals surface area (Å²) >= 11 is 0. The first-order valence-corrected chi connectivity index (χ1v) is 8.75. The van der Waals surface area contributed by atoms with E-state index in [0.29, 0.717) is 0 Å². The van der Waals surface area contributed by atoms with Crippen molar-refractivity contribution in [1.29, 1.82) is 0 Å². The molecule has 0 saturated carbocycles. The van der Waals surface area contributed by atoms with Crippen LogP contribution in [-0.2, 0) is 0 Å². The Kier molecular flexibility index (Phi) is 7.20. The molecule has 3 heteroatoms. The van der Waals surface area contributed by atoms with Gasteiger partial charge in [0.2, 0.25) is 0 Å². The molecule has 124 valence electrons. The zero-order valence-corrected chi connectivity index (χ0v) is 14.6. The van der Waals surface area contributed by atoms with E-state index in [9.17, 15) is 0 Å². The van der Waals surface area contributed by atoms with Gasteiger partial charge in [-0.15, -0.1) is 0 Å². The van der Waals surface area contributed by atoms with Crippen LogP contribution in [0, 0.1) is 13.8 Å². The highest BCUT2D eigenvalue weighted by molar-refractivity contribution is 5.32. The van der Waals surface area contributed by atoms with Crippen LogP contribution in [0.15, 0.2) is 18.2 Å². The Bertz CT molecular complexity index is 419. The van der Waals surface area contributed by atoms with E-state index >= 15 is 0 Å². The van der Waals surface area contributed by atoms with Crippen LogP contribution in [0.2, 0.25) is 0 Å². The average molecular weight is 304 g/mol. The second kappa shape index (κ2) is 9.16. The summed E-state index contributed by atoms with van der Waals surface area (Å²) in [7, 11) is 2.22. The quantitative estimate of drug-likeness (QED) is 0.684. The lowest BCUT2D eigenvalue weighted by molar-refractivity contribution is 0.151. The SMILES string of the molecule is Cc1cc(C)cc(OCCCCCCN2CCN(C)CC2)c1. The van der Waals surface area contributed by atoms with Crippen LogP contribution in [0.3, 0.4) is 0 Å². The molecule has 2 rings (SSSR count). The number of hydrogen-bond acceptors (Lipinski definition) is 3. The first-order valence-electron chi connectivity index (χ1n) is 8.75. The van der Waals surface area contributed by atoms with E-state index in [1.807, 2.05) is 0 Å². The van der Waals surface area contributed by atoms with Crippen molar-refractivity contribution < 1.29 is 4.74 Å². The summed E-state index contributed by atoms with van der Waals surface area (Å²) < 4.78 is 5.86. The Hall–Kier alpha value is -1.06. The Morgan fingerprint density at radius 2 is 1.50 bits per heavy atom. The first kappa shape index (κ1) is 17.3. The molecule has 0 amide bonds. The van der Waals surface area contributed by atoms with Gasteiger partial charge in [-0.1, -0.05) is 18.9 Å². The average Bonchev–Trinajstić information content (AvgIpc) is 2.47. The molecule has 0 radical (unpaired) electrons. The van der Waals surface area contributed by atoms with Crippen molar-refractivity contribution in [1.82, 2.24) is 9.80 Å². The van der Waals surface area contributed by atoms with Gasteiger partial charge in [-0.3, -0.25) is 0 Å². The number of unbranched alkanes of at least 4 members (excludes halogenated alkanes) is 3. The lowest BCUT2D eigenvalue weighted by Crippen LogP contribution is -2.44. The second-order valence-electron chi connectivity index (χ2n) is 6.73. The van der Waals surface area contributed by atoms with Gasteiger partial charge in [-0.2, -0.15) is 0 Å². The van der Waals surface area contributed by atoms with Crippen molar-refractivity contribution in [3.8, 4) is 5.75 Å². The van der Waals surface area contributed by atoms with E-state index in [1.165, 1.54) is 63.1 Å².